The molecule has 60 valence electrons. The molecule has 0 aromatic rings. The van der Waals surface area contributed by atoms with Crippen molar-refractivity contribution in [3.8, 4) is 0 Å². The predicted octanol–water partition coefficient (Wildman–Crippen LogP) is 1.41. The minimum absolute atomic E-state index is 0.731. The molecule has 1 aliphatic rings. The summed E-state index contributed by atoms with van der Waals surface area (Å²) in [6, 6.07) is 0. The Morgan fingerprint density at radius 3 is 2.70 bits per heavy atom. The Labute approximate surface area is 66.5 Å². The average molecular weight is 161 g/mol. The van der Waals surface area contributed by atoms with Crippen molar-refractivity contribution in [1.29, 1.82) is 0 Å². The normalized spacial score (nSPS) is 21.3. The summed E-state index contributed by atoms with van der Waals surface area (Å²) in [5.74, 6) is 8.48. The molecule has 0 bridgehead atoms. The third kappa shape index (κ3) is 2.90. The molecule has 0 spiro atoms. The minimum atomic E-state index is 0.731. The van der Waals surface area contributed by atoms with E-state index in [0.717, 1.165) is 18.9 Å². The van der Waals surface area contributed by atoms with E-state index >= 15 is 0 Å². The van der Waals surface area contributed by atoms with E-state index in [1.807, 2.05) is 0 Å². The smallest absolute Gasteiger partial charge is 0.0681 e. The van der Waals surface area contributed by atoms with Gasteiger partial charge in [-0.2, -0.15) is 11.8 Å². The third-order valence-corrected chi connectivity index (χ3v) is 3.03. The van der Waals surface area contributed by atoms with Crippen LogP contribution in [-0.2, 0) is 4.84 Å². The molecule has 10 heavy (non-hydrogen) atoms. The first-order valence-electron chi connectivity index (χ1n) is 3.83. The zero-order valence-corrected chi connectivity index (χ0v) is 7.03. The highest BCUT2D eigenvalue weighted by Gasteiger charge is 2.12. The van der Waals surface area contributed by atoms with Gasteiger partial charge in [-0.25, -0.2) is 5.90 Å². The number of rotatable bonds is 3. The molecule has 0 saturated carbocycles. The van der Waals surface area contributed by atoms with Gasteiger partial charge in [0.25, 0.3) is 0 Å². The largest absolute Gasteiger partial charge is 0.305 e. The highest BCUT2D eigenvalue weighted by Crippen LogP contribution is 2.24. The van der Waals surface area contributed by atoms with E-state index in [-0.39, 0.29) is 0 Å². The predicted molar refractivity (Wildman–Crippen MR) is 44.8 cm³/mol. The van der Waals surface area contributed by atoms with E-state index in [4.69, 9.17) is 5.90 Å². The zero-order chi connectivity index (χ0) is 7.23. The molecule has 2 nitrogen and oxygen atoms in total. The number of hydrogen-bond donors (Lipinski definition) is 1. The van der Waals surface area contributed by atoms with Gasteiger partial charge in [0.15, 0.2) is 0 Å². The lowest BCUT2D eigenvalue weighted by Gasteiger charge is -2.20. The monoisotopic (exact) mass is 161 g/mol. The van der Waals surface area contributed by atoms with Gasteiger partial charge < -0.3 is 4.84 Å². The summed E-state index contributed by atoms with van der Waals surface area (Å²) in [5.41, 5.74) is 0. The van der Waals surface area contributed by atoms with Crippen LogP contribution in [0.4, 0.5) is 0 Å². The van der Waals surface area contributed by atoms with Crippen LogP contribution in [0.5, 0.6) is 0 Å². The molecule has 1 rings (SSSR count). The zero-order valence-electron chi connectivity index (χ0n) is 6.21. The van der Waals surface area contributed by atoms with E-state index in [0.29, 0.717) is 0 Å². The minimum Gasteiger partial charge on any atom is -0.305 e. The van der Waals surface area contributed by atoms with Crippen LogP contribution in [0, 0.1) is 5.92 Å². The first-order valence-corrected chi connectivity index (χ1v) is 4.98. The second-order valence-corrected chi connectivity index (χ2v) is 3.94. The third-order valence-electron chi connectivity index (χ3n) is 1.98. The number of hydrogen-bond acceptors (Lipinski definition) is 3. The van der Waals surface area contributed by atoms with Crippen LogP contribution in [0.15, 0.2) is 0 Å². The van der Waals surface area contributed by atoms with Gasteiger partial charge in [-0.1, -0.05) is 0 Å². The Morgan fingerprint density at radius 2 is 2.10 bits per heavy atom. The van der Waals surface area contributed by atoms with Crippen molar-refractivity contribution in [2.24, 2.45) is 11.8 Å². The van der Waals surface area contributed by atoms with Gasteiger partial charge in [-0.15, -0.1) is 0 Å². The maximum absolute atomic E-state index is 4.94. The summed E-state index contributed by atoms with van der Waals surface area (Å²) in [5, 5.41) is 0. The van der Waals surface area contributed by atoms with Gasteiger partial charge in [0.2, 0.25) is 0 Å². The fourth-order valence-corrected chi connectivity index (χ4v) is 2.47. The number of thioether (sulfide) groups is 1. The first-order chi connectivity index (χ1) is 4.93. The van der Waals surface area contributed by atoms with Gasteiger partial charge in [0, 0.05) is 0 Å². The molecule has 0 radical (unpaired) electrons. The fraction of sp³-hybridized carbons (Fsp3) is 1.00. The summed E-state index contributed by atoms with van der Waals surface area (Å²) >= 11 is 2.06. The van der Waals surface area contributed by atoms with Crippen LogP contribution in [0.1, 0.15) is 19.3 Å². The van der Waals surface area contributed by atoms with Crippen molar-refractivity contribution in [3.63, 3.8) is 0 Å². The van der Waals surface area contributed by atoms with Crippen molar-refractivity contribution in [2.45, 2.75) is 19.3 Å². The Hall–Kier alpha value is 0.270. The van der Waals surface area contributed by atoms with Crippen molar-refractivity contribution < 1.29 is 4.84 Å². The molecular weight excluding hydrogens is 146 g/mol. The second-order valence-electron chi connectivity index (χ2n) is 2.72. The van der Waals surface area contributed by atoms with Crippen LogP contribution >= 0.6 is 11.8 Å². The lowest BCUT2D eigenvalue weighted by molar-refractivity contribution is 0.121. The summed E-state index contributed by atoms with van der Waals surface area (Å²) < 4.78 is 0. The number of nitrogens with two attached hydrogens (primary N) is 1. The lowest BCUT2D eigenvalue weighted by Crippen LogP contribution is -2.13. The van der Waals surface area contributed by atoms with E-state index in [9.17, 15) is 0 Å². The Balaban J connectivity index is 2.02. The molecule has 1 fully saturated rings. The van der Waals surface area contributed by atoms with Gasteiger partial charge in [-0.3, -0.25) is 0 Å². The van der Waals surface area contributed by atoms with Crippen LogP contribution < -0.4 is 5.90 Å². The molecule has 0 atom stereocenters. The van der Waals surface area contributed by atoms with E-state index in [2.05, 4.69) is 16.6 Å². The van der Waals surface area contributed by atoms with Crippen molar-refractivity contribution in [2.75, 3.05) is 18.1 Å². The van der Waals surface area contributed by atoms with E-state index in [1.165, 1.54) is 24.3 Å². The molecule has 3 heteroatoms. The second kappa shape index (κ2) is 4.99. The SMILES string of the molecule is NOCCC1CCSCC1. The van der Waals surface area contributed by atoms with Crippen molar-refractivity contribution in [3.05, 3.63) is 0 Å². The van der Waals surface area contributed by atoms with Crippen LogP contribution in [0.25, 0.3) is 0 Å². The topological polar surface area (TPSA) is 35.2 Å². The average Bonchev–Trinajstić information content (AvgIpc) is 2.03. The molecule has 1 heterocycles. The van der Waals surface area contributed by atoms with E-state index < -0.39 is 0 Å². The molecule has 0 amide bonds. The maximum atomic E-state index is 4.94. The van der Waals surface area contributed by atoms with Crippen LogP contribution in [-0.4, -0.2) is 18.1 Å². The summed E-state index contributed by atoms with van der Waals surface area (Å²) in [6.07, 6.45) is 3.86. The molecule has 0 aromatic carbocycles. The summed E-state index contributed by atoms with van der Waals surface area (Å²) in [7, 11) is 0. The first kappa shape index (κ1) is 8.37. The highest BCUT2D eigenvalue weighted by molar-refractivity contribution is 7.99. The van der Waals surface area contributed by atoms with Gasteiger partial charge in [0.05, 0.1) is 6.61 Å². The Bertz CT molecular complexity index is 83.7. The van der Waals surface area contributed by atoms with E-state index in [1.54, 1.807) is 0 Å². The van der Waals surface area contributed by atoms with Gasteiger partial charge in [-0.05, 0) is 36.7 Å². The van der Waals surface area contributed by atoms with Gasteiger partial charge in [0.1, 0.15) is 0 Å². The molecule has 0 aromatic heterocycles. The maximum Gasteiger partial charge on any atom is 0.0681 e. The summed E-state index contributed by atoms with van der Waals surface area (Å²) in [6.45, 7) is 0.731. The Kier molecular flexibility index (Phi) is 4.18. The molecule has 1 saturated heterocycles. The van der Waals surface area contributed by atoms with Crippen molar-refractivity contribution in [1.82, 2.24) is 0 Å². The standard InChI is InChI=1S/C7H15NOS/c8-9-4-1-7-2-5-10-6-3-7/h7H,1-6,8H2. The van der Waals surface area contributed by atoms with Gasteiger partial charge >= 0.3 is 0 Å². The van der Waals surface area contributed by atoms with Crippen molar-refractivity contribution >= 4 is 11.8 Å². The molecule has 1 aliphatic heterocycles. The molecule has 2 N–H and O–H groups in total. The summed E-state index contributed by atoms with van der Waals surface area (Å²) in [4.78, 5) is 4.54. The lowest BCUT2D eigenvalue weighted by atomic mass is 10.00. The Morgan fingerprint density at radius 1 is 1.40 bits per heavy atom. The quantitative estimate of drug-likeness (QED) is 0.636. The highest BCUT2D eigenvalue weighted by atomic mass is 32.2. The molecule has 0 aliphatic carbocycles. The fourth-order valence-electron chi connectivity index (χ4n) is 1.27. The molecule has 0 unspecified atom stereocenters. The molecular formula is C7H15NOS. The van der Waals surface area contributed by atoms with Crippen LogP contribution in [0.3, 0.4) is 0 Å². The van der Waals surface area contributed by atoms with Crippen LogP contribution in [0.2, 0.25) is 0 Å².